The van der Waals surface area contributed by atoms with E-state index in [1.165, 1.54) is 11.3 Å². The number of hydrogen-bond acceptors (Lipinski definition) is 7. The van der Waals surface area contributed by atoms with E-state index in [4.69, 9.17) is 16.6 Å². The summed E-state index contributed by atoms with van der Waals surface area (Å²) >= 11 is 6.88. The molecule has 0 spiro atoms. The molecule has 0 saturated carbocycles. The molecule has 1 aliphatic rings. The molecule has 142 valence electrons. The van der Waals surface area contributed by atoms with E-state index in [-0.39, 0.29) is 22.4 Å². The van der Waals surface area contributed by atoms with Gasteiger partial charge in [0.1, 0.15) is 0 Å². The number of hydrogen-bond donors (Lipinski definition) is 0. The molecular weight excluding hydrogens is 402 g/mol. The van der Waals surface area contributed by atoms with E-state index in [1.54, 1.807) is 4.68 Å². The van der Waals surface area contributed by atoms with Crippen LogP contribution in [-0.4, -0.2) is 40.6 Å². The lowest BCUT2D eigenvalue weighted by molar-refractivity contribution is 0.144. The van der Waals surface area contributed by atoms with Crippen molar-refractivity contribution in [2.24, 2.45) is 0 Å². The van der Waals surface area contributed by atoms with Crippen molar-refractivity contribution in [2.45, 2.75) is 25.7 Å². The fraction of sp³-hybridized carbons (Fsp3) is 0.333. The minimum absolute atomic E-state index is 0.0565. The molecule has 0 N–H and O–H groups in total. The minimum atomic E-state index is -2.98. The van der Waals surface area contributed by atoms with Gasteiger partial charge in [-0.05, 0) is 35.6 Å². The first-order valence-electron chi connectivity index (χ1n) is 8.60. The van der Waals surface area contributed by atoms with Crippen LogP contribution in [0.1, 0.15) is 12.0 Å². The Bertz CT molecular complexity index is 1060. The Morgan fingerprint density at radius 1 is 1.26 bits per heavy atom. The lowest BCUT2D eigenvalue weighted by Crippen LogP contribution is -2.37. The Labute approximate surface area is 167 Å². The minimum Gasteiger partial charge on any atom is -0.408 e. The van der Waals surface area contributed by atoms with Crippen molar-refractivity contribution in [2.75, 3.05) is 11.5 Å². The van der Waals surface area contributed by atoms with E-state index in [1.807, 2.05) is 47.8 Å². The maximum atomic E-state index is 12.0. The van der Waals surface area contributed by atoms with Gasteiger partial charge in [0.2, 0.25) is 0 Å². The number of rotatable bonds is 6. The molecule has 0 bridgehead atoms. The Balaban J connectivity index is 1.60. The summed E-state index contributed by atoms with van der Waals surface area (Å²) < 4.78 is 31.3. The van der Waals surface area contributed by atoms with Gasteiger partial charge < -0.3 is 4.42 Å². The highest BCUT2D eigenvalue weighted by molar-refractivity contribution is 7.91. The Morgan fingerprint density at radius 3 is 2.74 bits per heavy atom. The summed E-state index contributed by atoms with van der Waals surface area (Å²) in [6, 6.07) is 13.8. The molecule has 2 aromatic heterocycles. The molecule has 3 heterocycles. The van der Waals surface area contributed by atoms with Gasteiger partial charge in [0.25, 0.3) is 10.7 Å². The fourth-order valence-electron chi connectivity index (χ4n) is 3.24. The monoisotopic (exact) mass is 421 g/mol. The largest absolute Gasteiger partial charge is 0.408 e. The van der Waals surface area contributed by atoms with Crippen LogP contribution in [0.15, 0.2) is 52.3 Å². The van der Waals surface area contributed by atoms with Crippen LogP contribution in [0, 0.1) is 4.84 Å². The molecule has 9 heteroatoms. The van der Waals surface area contributed by atoms with E-state index in [9.17, 15) is 8.42 Å². The first-order valence-corrected chi connectivity index (χ1v) is 11.7. The summed E-state index contributed by atoms with van der Waals surface area (Å²) in [5.74, 6) is 0.893. The van der Waals surface area contributed by atoms with E-state index in [2.05, 4.69) is 10.00 Å². The second kappa shape index (κ2) is 7.67. The average Bonchev–Trinajstić information content (AvgIpc) is 3.36. The van der Waals surface area contributed by atoms with E-state index >= 15 is 0 Å². The van der Waals surface area contributed by atoms with Crippen LogP contribution < -0.4 is 0 Å². The Hall–Kier alpha value is -1.81. The van der Waals surface area contributed by atoms with Gasteiger partial charge >= 0.3 is 0 Å². The topological polar surface area (TPSA) is 68.3 Å². The van der Waals surface area contributed by atoms with Crippen molar-refractivity contribution in [1.29, 1.82) is 0 Å². The SMILES string of the molecule is O=S1(=O)CC[C@@H](N(Cc2ccccc2)Cn2nc(-c3cccs3)oc2=S)C1. The van der Waals surface area contributed by atoms with Gasteiger partial charge in [0.15, 0.2) is 9.84 Å². The molecule has 1 aliphatic heterocycles. The number of aromatic nitrogens is 2. The standard InChI is InChI=1S/C18H19N3O3S3/c22-27(23)10-8-15(12-27)20(11-14-5-2-1-3-6-14)13-21-18(25)24-17(19-21)16-7-4-9-26-16/h1-7,9,15H,8,10-13H2/t15-/m1/s1. The Kier molecular flexibility index (Phi) is 5.27. The maximum absolute atomic E-state index is 12.0. The molecule has 4 rings (SSSR count). The molecule has 1 aromatic carbocycles. The van der Waals surface area contributed by atoms with E-state index < -0.39 is 9.84 Å². The second-order valence-electron chi connectivity index (χ2n) is 6.58. The molecule has 1 atom stereocenters. The lowest BCUT2D eigenvalue weighted by Gasteiger charge is -2.27. The molecule has 0 radical (unpaired) electrons. The maximum Gasteiger partial charge on any atom is 0.288 e. The number of thiophene rings is 1. The zero-order valence-electron chi connectivity index (χ0n) is 14.5. The lowest BCUT2D eigenvalue weighted by atomic mass is 10.1. The van der Waals surface area contributed by atoms with Crippen molar-refractivity contribution in [3.8, 4) is 10.8 Å². The quantitative estimate of drug-likeness (QED) is 0.567. The van der Waals surface area contributed by atoms with Gasteiger partial charge in [-0.3, -0.25) is 4.90 Å². The molecule has 1 saturated heterocycles. The summed E-state index contributed by atoms with van der Waals surface area (Å²) in [4.78, 5) is 3.33. The summed E-state index contributed by atoms with van der Waals surface area (Å²) in [5.41, 5.74) is 1.12. The molecule has 6 nitrogen and oxygen atoms in total. The highest BCUT2D eigenvalue weighted by Gasteiger charge is 2.32. The molecular formula is C18H19N3O3S3. The number of nitrogens with zero attached hydrogens (tertiary/aromatic N) is 3. The van der Waals surface area contributed by atoms with Gasteiger partial charge in [-0.15, -0.1) is 16.4 Å². The van der Waals surface area contributed by atoms with Crippen LogP contribution in [0.25, 0.3) is 10.8 Å². The van der Waals surface area contributed by atoms with Gasteiger partial charge in [-0.1, -0.05) is 36.4 Å². The number of benzene rings is 1. The van der Waals surface area contributed by atoms with Crippen molar-refractivity contribution in [3.05, 3.63) is 58.2 Å². The van der Waals surface area contributed by atoms with Gasteiger partial charge in [0, 0.05) is 12.6 Å². The summed E-state index contributed by atoms with van der Waals surface area (Å²) in [6.45, 7) is 1.02. The third-order valence-electron chi connectivity index (χ3n) is 4.61. The summed E-state index contributed by atoms with van der Waals surface area (Å²) in [7, 11) is -2.98. The second-order valence-corrected chi connectivity index (χ2v) is 10.1. The predicted octanol–water partition coefficient (Wildman–Crippen LogP) is 3.58. The van der Waals surface area contributed by atoms with Crippen molar-refractivity contribution in [3.63, 3.8) is 0 Å². The summed E-state index contributed by atoms with van der Waals surface area (Å²) in [5, 5.41) is 6.46. The van der Waals surface area contributed by atoms with Gasteiger partial charge in [0.05, 0.1) is 23.1 Å². The van der Waals surface area contributed by atoms with Crippen LogP contribution in [0.5, 0.6) is 0 Å². The van der Waals surface area contributed by atoms with Crippen LogP contribution in [0.4, 0.5) is 0 Å². The average molecular weight is 422 g/mol. The highest BCUT2D eigenvalue weighted by atomic mass is 32.2. The zero-order valence-corrected chi connectivity index (χ0v) is 17.0. The van der Waals surface area contributed by atoms with E-state index in [0.29, 0.717) is 25.5 Å². The normalized spacial score (nSPS) is 18.9. The van der Waals surface area contributed by atoms with Crippen LogP contribution in [-0.2, 0) is 23.1 Å². The van der Waals surface area contributed by atoms with Crippen molar-refractivity contribution < 1.29 is 12.8 Å². The van der Waals surface area contributed by atoms with Gasteiger partial charge in [-0.2, -0.15) is 0 Å². The number of sulfone groups is 1. The third-order valence-corrected chi connectivity index (χ3v) is 7.51. The first kappa shape index (κ1) is 18.5. The smallest absolute Gasteiger partial charge is 0.288 e. The van der Waals surface area contributed by atoms with Crippen LogP contribution in [0.2, 0.25) is 0 Å². The molecule has 0 unspecified atom stereocenters. The fourth-order valence-corrected chi connectivity index (χ4v) is 5.83. The van der Waals surface area contributed by atoms with Crippen LogP contribution in [0.3, 0.4) is 0 Å². The summed E-state index contributed by atoms with van der Waals surface area (Å²) in [6.07, 6.45) is 0.623. The molecule has 3 aromatic rings. The van der Waals surface area contributed by atoms with E-state index in [0.717, 1.165) is 10.4 Å². The highest BCUT2D eigenvalue weighted by Crippen LogP contribution is 2.25. The predicted molar refractivity (Wildman–Crippen MR) is 108 cm³/mol. The molecule has 1 fully saturated rings. The van der Waals surface area contributed by atoms with Crippen LogP contribution >= 0.6 is 23.6 Å². The molecule has 0 amide bonds. The third kappa shape index (κ3) is 4.37. The van der Waals surface area contributed by atoms with Crippen molar-refractivity contribution in [1.82, 2.24) is 14.7 Å². The van der Waals surface area contributed by atoms with Crippen molar-refractivity contribution >= 4 is 33.4 Å². The zero-order chi connectivity index (χ0) is 18.9. The Morgan fingerprint density at radius 2 is 2.07 bits per heavy atom. The first-order chi connectivity index (χ1) is 13.0. The molecule has 0 aliphatic carbocycles. The molecule has 27 heavy (non-hydrogen) atoms. The van der Waals surface area contributed by atoms with Gasteiger partial charge in [-0.25, -0.2) is 13.1 Å².